The first kappa shape index (κ1) is 15.5. The van der Waals surface area contributed by atoms with Gasteiger partial charge in [-0.3, -0.25) is 9.59 Å². The summed E-state index contributed by atoms with van der Waals surface area (Å²) < 4.78 is 0. The Bertz CT molecular complexity index is 573. The van der Waals surface area contributed by atoms with Crippen molar-refractivity contribution in [3.8, 4) is 0 Å². The Balaban J connectivity index is 2.24. The van der Waals surface area contributed by atoms with Crippen LogP contribution in [-0.4, -0.2) is 29.3 Å². The number of carbonyl (C=O) groups is 2. The monoisotopic (exact) mass is 288 g/mol. The maximum absolute atomic E-state index is 12.6. The number of carbonyl (C=O) groups excluding carboxylic acids is 2. The zero-order chi connectivity index (χ0) is 15.8. The highest BCUT2D eigenvalue weighted by Crippen LogP contribution is 2.24. The maximum Gasteiger partial charge on any atom is 0.246 e. The fourth-order valence-corrected chi connectivity index (χ4v) is 2.60. The molecule has 1 aliphatic rings. The van der Waals surface area contributed by atoms with Crippen LogP contribution in [0.1, 0.15) is 37.5 Å². The summed E-state index contributed by atoms with van der Waals surface area (Å²) in [6.45, 7) is 10.6. The van der Waals surface area contributed by atoms with Crippen LogP contribution >= 0.6 is 0 Å². The van der Waals surface area contributed by atoms with E-state index in [9.17, 15) is 9.59 Å². The van der Waals surface area contributed by atoms with E-state index in [4.69, 9.17) is 0 Å². The van der Waals surface area contributed by atoms with Crippen molar-refractivity contribution in [2.24, 2.45) is 5.41 Å². The van der Waals surface area contributed by atoms with E-state index in [-0.39, 0.29) is 23.8 Å². The fourth-order valence-electron chi connectivity index (χ4n) is 2.60. The Morgan fingerprint density at radius 1 is 1.24 bits per heavy atom. The maximum atomic E-state index is 12.6. The molecule has 4 heteroatoms. The first-order chi connectivity index (χ1) is 9.68. The van der Waals surface area contributed by atoms with Crippen molar-refractivity contribution in [2.75, 3.05) is 6.54 Å². The Morgan fingerprint density at radius 3 is 2.52 bits per heavy atom. The molecule has 0 radical (unpaired) electrons. The van der Waals surface area contributed by atoms with Gasteiger partial charge in [0.25, 0.3) is 0 Å². The number of amides is 2. The van der Waals surface area contributed by atoms with Gasteiger partial charge in [-0.25, -0.2) is 0 Å². The first-order valence-electron chi connectivity index (χ1n) is 7.33. The number of piperazine rings is 1. The minimum atomic E-state index is -0.455. The van der Waals surface area contributed by atoms with Crippen molar-refractivity contribution in [3.05, 3.63) is 34.9 Å². The Morgan fingerprint density at radius 2 is 1.90 bits per heavy atom. The SMILES string of the molecule is Cc1ccc(C)c(CN2CC(=O)NC(C(C)(C)C)C2=O)c1. The number of benzene rings is 1. The minimum absolute atomic E-state index is 0.00278. The second-order valence-corrected chi connectivity index (χ2v) is 6.99. The number of hydrogen-bond acceptors (Lipinski definition) is 2. The number of nitrogens with one attached hydrogen (secondary N) is 1. The summed E-state index contributed by atoms with van der Waals surface area (Å²) in [5.41, 5.74) is 3.13. The number of rotatable bonds is 2. The van der Waals surface area contributed by atoms with E-state index >= 15 is 0 Å². The number of hydrogen-bond donors (Lipinski definition) is 1. The van der Waals surface area contributed by atoms with Gasteiger partial charge in [0.2, 0.25) is 11.8 Å². The van der Waals surface area contributed by atoms with E-state index in [0.717, 1.165) is 16.7 Å². The molecule has 1 heterocycles. The molecule has 2 amide bonds. The summed E-state index contributed by atoms with van der Waals surface area (Å²) >= 11 is 0. The van der Waals surface area contributed by atoms with Gasteiger partial charge >= 0.3 is 0 Å². The van der Waals surface area contributed by atoms with Gasteiger partial charge in [-0.1, -0.05) is 44.5 Å². The van der Waals surface area contributed by atoms with Crippen LogP contribution in [-0.2, 0) is 16.1 Å². The van der Waals surface area contributed by atoms with Gasteiger partial charge in [0.1, 0.15) is 6.04 Å². The van der Waals surface area contributed by atoms with Gasteiger partial charge in [0.05, 0.1) is 6.54 Å². The van der Waals surface area contributed by atoms with Crippen molar-refractivity contribution >= 4 is 11.8 Å². The van der Waals surface area contributed by atoms with Crippen LogP contribution in [0.25, 0.3) is 0 Å². The zero-order valence-electron chi connectivity index (χ0n) is 13.5. The van der Waals surface area contributed by atoms with Gasteiger partial charge in [0, 0.05) is 6.54 Å². The summed E-state index contributed by atoms with van der Waals surface area (Å²) in [5, 5.41) is 2.82. The van der Waals surface area contributed by atoms with Crippen LogP contribution in [0.15, 0.2) is 18.2 Å². The largest absolute Gasteiger partial charge is 0.342 e. The lowest BCUT2D eigenvalue weighted by Gasteiger charge is -2.39. The normalized spacial score (nSPS) is 19.7. The Labute approximate surface area is 126 Å². The van der Waals surface area contributed by atoms with Gasteiger partial charge in [-0.2, -0.15) is 0 Å². The van der Waals surface area contributed by atoms with Crippen LogP contribution < -0.4 is 5.32 Å². The number of aryl methyl sites for hydroxylation is 2. The summed E-state index contributed by atoms with van der Waals surface area (Å²) in [5.74, 6) is -0.0807. The molecule has 0 spiro atoms. The smallest absolute Gasteiger partial charge is 0.246 e. The van der Waals surface area contributed by atoms with Crippen LogP contribution in [0.4, 0.5) is 0 Å². The minimum Gasteiger partial charge on any atom is -0.342 e. The molecular weight excluding hydrogens is 264 g/mol. The second-order valence-electron chi connectivity index (χ2n) is 6.99. The predicted molar refractivity (Wildman–Crippen MR) is 82.7 cm³/mol. The van der Waals surface area contributed by atoms with E-state index < -0.39 is 6.04 Å². The average Bonchev–Trinajstić information content (AvgIpc) is 2.36. The standard InChI is InChI=1S/C17H24N2O2/c1-11-6-7-12(2)13(8-11)9-19-10-14(20)18-15(16(19)21)17(3,4)5/h6-8,15H,9-10H2,1-5H3,(H,18,20). The summed E-state index contributed by atoms with van der Waals surface area (Å²) in [7, 11) is 0. The average molecular weight is 288 g/mol. The van der Waals surface area contributed by atoms with Gasteiger partial charge < -0.3 is 10.2 Å². The molecule has 1 aromatic carbocycles. The molecule has 2 rings (SSSR count). The van der Waals surface area contributed by atoms with Crippen LogP contribution in [0, 0.1) is 19.3 Å². The van der Waals surface area contributed by atoms with E-state index in [0.29, 0.717) is 6.54 Å². The lowest BCUT2D eigenvalue weighted by molar-refractivity contribution is -0.147. The van der Waals surface area contributed by atoms with Crippen LogP contribution in [0.5, 0.6) is 0 Å². The molecule has 1 atom stereocenters. The van der Waals surface area contributed by atoms with Crippen molar-refractivity contribution in [2.45, 2.75) is 47.2 Å². The highest BCUT2D eigenvalue weighted by molar-refractivity contribution is 5.95. The van der Waals surface area contributed by atoms with Crippen molar-refractivity contribution in [1.29, 1.82) is 0 Å². The highest BCUT2D eigenvalue weighted by atomic mass is 16.2. The Kier molecular flexibility index (Phi) is 4.08. The lowest BCUT2D eigenvalue weighted by Crippen LogP contribution is -2.61. The third-order valence-electron chi connectivity index (χ3n) is 3.93. The molecule has 114 valence electrons. The fraction of sp³-hybridized carbons (Fsp3) is 0.529. The van der Waals surface area contributed by atoms with E-state index in [1.807, 2.05) is 34.6 Å². The lowest BCUT2D eigenvalue weighted by atomic mass is 9.84. The van der Waals surface area contributed by atoms with Crippen molar-refractivity contribution < 1.29 is 9.59 Å². The summed E-state index contributed by atoms with van der Waals surface area (Å²) in [6, 6.07) is 5.74. The molecule has 1 N–H and O–H groups in total. The van der Waals surface area contributed by atoms with Crippen molar-refractivity contribution in [1.82, 2.24) is 10.2 Å². The molecular formula is C17H24N2O2. The molecule has 1 unspecified atom stereocenters. The molecule has 0 aromatic heterocycles. The third-order valence-corrected chi connectivity index (χ3v) is 3.93. The topological polar surface area (TPSA) is 49.4 Å². The molecule has 1 saturated heterocycles. The molecule has 21 heavy (non-hydrogen) atoms. The summed E-state index contributed by atoms with van der Waals surface area (Å²) in [4.78, 5) is 26.2. The second kappa shape index (κ2) is 5.51. The van der Waals surface area contributed by atoms with E-state index in [1.165, 1.54) is 0 Å². The third kappa shape index (κ3) is 3.43. The zero-order valence-corrected chi connectivity index (χ0v) is 13.5. The van der Waals surface area contributed by atoms with Gasteiger partial charge in [-0.15, -0.1) is 0 Å². The molecule has 4 nitrogen and oxygen atoms in total. The van der Waals surface area contributed by atoms with Crippen molar-refractivity contribution in [3.63, 3.8) is 0 Å². The number of nitrogens with zero attached hydrogens (tertiary/aromatic N) is 1. The van der Waals surface area contributed by atoms with Crippen LogP contribution in [0.2, 0.25) is 0 Å². The molecule has 1 aromatic rings. The molecule has 0 aliphatic carbocycles. The highest BCUT2D eigenvalue weighted by Gasteiger charge is 2.39. The molecule has 1 fully saturated rings. The molecule has 1 aliphatic heterocycles. The Hall–Kier alpha value is -1.84. The van der Waals surface area contributed by atoms with E-state index in [1.54, 1.807) is 4.90 Å². The van der Waals surface area contributed by atoms with Gasteiger partial charge in [0.15, 0.2) is 0 Å². The predicted octanol–water partition coefficient (Wildman–Crippen LogP) is 2.18. The van der Waals surface area contributed by atoms with E-state index in [2.05, 4.69) is 23.5 Å². The first-order valence-corrected chi connectivity index (χ1v) is 7.33. The molecule has 0 saturated carbocycles. The van der Waals surface area contributed by atoms with Crippen LogP contribution in [0.3, 0.4) is 0 Å². The van der Waals surface area contributed by atoms with Gasteiger partial charge in [-0.05, 0) is 30.4 Å². The summed E-state index contributed by atoms with van der Waals surface area (Å²) in [6.07, 6.45) is 0. The quantitative estimate of drug-likeness (QED) is 0.907. The molecule has 0 bridgehead atoms.